The maximum absolute atomic E-state index is 12.5. The normalized spacial score (nSPS) is 16.4. The van der Waals surface area contributed by atoms with Gasteiger partial charge in [-0.1, -0.05) is 12.1 Å². The van der Waals surface area contributed by atoms with Crippen molar-refractivity contribution in [1.82, 2.24) is 10.2 Å². The van der Waals surface area contributed by atoms with E-state index in [9.17, 15) is 9.59 Å². The van der Waals surface area contributed by atoms with E-state index in [1.54, 1.807) is 24.3 Å². The van der Waals surface area contributed by atoms with Crippen molar-refractivity contribution >= 4 is 17.5 Å². The maximum atomic E-state index is 12.5. The van der Waals surface area contributed by atoms with Gasteiger partial charge < -0.3 is 29.6 Å². The van der Waals surface area contributed by atoms with Gasteiger partial charge in [0.25, 0.3) is 0 Å². The van der Waals surface area contributed by atoms with Crippen LogP contribution in [0.15, 0.2) is 42.5 Å². The van der Waals surface area contributed by atoms with E-state index in [-0.39, 0.29) is 19.4 Å². The van der Waals surface area contributed by atoms with Crippen molar-refractivity contribution in [2.24, 2.45) is 0 Å². The lowest BCUT2D eigenvalue weighted by Gasteiger charge is -2.34. The third kappa shape index (κ3) is 5.07. The van der Waals surface area contributed by atoms with Gasteiger partial charge in [-0.2, -0.15) is 0 Å². The average Bonchev–Trinajstić information content (AvgIpc) is 3.28. The first-order valence-corrected chi connectivity index (χ1v) is 10.1. The average molecular weight is 427 g/mol. The highest BCUT2D eigenvalue weighted by atomic mass is 16.7. The van der Waals surface area contributed by atoms with Gasteiger partial charge in [0.15, 0.2) is 11.5 Å². The molecule has 2 aromatic carbocycles. The summed E-state index contributed by atoms with van der Waals surface area (Å²) >= 11 is 0. The molecule has 9 nitrogen and oxygen atoms in total. The van der Waals surface area contributed by atoms with Crippen LogP contribution in [0, 0.1) is 0 Å². The first kappa shape index (κ1) is 21.0. The van der Waals surface area contributed by atoms with E-state index in [1.165, 1.54) is 7.11 Å². The van der Waals surface area contributed by atoms with E-state index in [4.69, 9.17) is 18.9 Å². The van der Waals surface area contributed by atoms with Gasteiger partial charge in [0.2, 0.25) is 6.79 Å². The lowest BCUT2D eigenvalue weighted by Crippen LogP contribution is -2.45. The summed E-state index contributed by atoms with van der Waals surface area (Å²) in [6.07, 6.45) is 0. The number of amides is 2. The Hall–Kier alpha value is -3.30. The minimum atomic E-state index is -0.736. The lowest BCUT2D eigenvalue weighted by molar-refractivity contribution is -0.136. The Bertz CT molecular complexity index is 945. The van der Waals surface area contributed by atoms with Crippen LogP contribution in [0.3, 0.4) is 0 Å². The van der Waals surface area contributed by atoms with Crippen LogP contribution in [0.25, 0.3) is 0 Å². The second-order valence-corrected chi connectivity index (χ2v) is 7.17. The number of methoxy groups -OCH3 is 1. The van der Waals surface area contributed by atoms with Crippen molar-refractivity contribution in [3.05, 3.63) is 48.0 Å². The quantitative estimate of drug-likeness (QED) is 0.675. The molecule has 0 aromatic heterocycles. The highest BCUT2D eigenvalue weighted by molar-refractivity contribution is 6.39. The molecule has 164 valence electrons. The zero-order chi connectivity index (χ0) is 21.6. The molecule has 2 aliphatic heterocycles. The number of nitrogens with one attached hydrogen (secondary N) is 2. The number of carbonyl (C=O) groups is 2. The number of ether oxygens (including phenoxy) is 4. The molecule has 2 aromatic rings. The molecule has 1 fully saturated rings. The fourth-order valence-electron chi connectivity index (χ4n) is 3.63. The number of fused-ring (bicyclic) bond motifs is 1. The zero-order valence-corrected chi connectivity index (χ0v) is 17.3. The molecule has 4 rings (SSSR count). The second-order valence-electron chi connectivity index (χ2n) is 7.17. The second kappa shape index (κ2) is 9.67. The lowest BCUT2D eigenvalue weighted by atomic mass is 10.0. The first-order valence-electron chi connectivity index (χ1n) is 10.1. The van der Waals surface area contributed by atoms with Crippen LogP contribution in [0.5, 0.6) is 17.2 Å². The Labute approximate surface area is 180 Å². The topological polar surface area (TPSA) is 98.4 Å². The van der Waals surface area contributed by atoms with Crippen LogP contribution in [-0.2, 0) is 14.3 Å². The number of nitrogens with zero attached hydrogens (tertiary/aromatic N) is 1. The molecule has 2 aliphatic rings. The highest BCUT2D eigenvalue weighted by Gasteiger charge is 2.26. The minimum absolute atomic E-state index is 0.132. The van der Waals surface area contributed by atoms with E-state index >= 15 is 0 Å². The van der Waals surface area contributed by atoms with Crippen LogP contribution in [0.4, 0.5) is 5.69 Å². The molecule has 9 heteroatoms. The summed E-state index contributed by atoms with van der Waals surface area (Å²) in [5.41, 5.74) is 1.46. The van der Waals surface area contributed by atoms with Gasteiger partial charge in [-0.05, 0) is 29.8 Å². The first-order chi connectivity index (χ1) is 15.1. The van der Waals surface area contributed by atoms with E-state index < -0.39 is 11.8 Å². The third-order valence-electron chi connectivity index (χ3n) is 5.26. The van der Waals surface area contributed by atoms with Gasteiger partial charge in [0.1, 0.15) is 5.75 Å². The van der Waals surface area contributed by atoms with Crippen LogP contribution in [-0.4, -0.2) is 63.5 Å². The third-order valence-corrected chi connectivity index (χ3v) is 5.26. The van der Waals surface area contributed by atoms with E-state index in [1.807, 2.05) is 18.2 Å². The van der Waals surface area contributed by atoms with Crippen molar-refractivity contribution in [1.29, 1.82) is 0 Å². The van der Waals surface area contributed by atoms with Crippen LogP contribution in [0.1, 0.15) is 11.6 Å². The van der Waals surface area contributed by atoms with Gasteiger partial charge in [-0.15, -0.1) is 0 Å². The molecule has 2 heterocycles. The zero-order valence-electron chi connectivity index (χ0n) is 17.3. The Morgan fingerprint density at radius 1 is 1.06 bits per heavy atom. The fraction of sp³-hybridized carbons (Fsp3) is 0.364. The number of benzene rings is 2. The molecule has 1 saturated heterocycles. The number of hydrogen-bond donors (Lipinski definition) is 2. The summed E-state index contributed by atoms with van der Waals surface area (Å²) in [5.74, 6) is 0.527. The van der Waals surface area contributed by atoms with Crippen molar-refractivity contribution in [2.45, 2.75) is 6.04 Å². The number of hydrogen-bond acceptors (Lipinski definition) is 7. The number of carbonyl (C=O) groups excluding carboxylic acids is 2. The number of rotatable bonds is 6. The van der Waals surface area contributed by atoms with Gasteiger partial charge in [0, 0.05) is 31.4 Å². The van der Waals surface area contributed by atoms with E-state index in [0.717, 1.165) is 18.7 Å². The Balaban J connectivity index is 1.42. The van der Waals surface area contributed by atoms with Gasteiger partial charge in [-0.25, -0.2) is 0 Å². The van der Waals surface area contributed by atoms with Crippen molar-refractivity contribution in [2.75, 3.05) is 52.1 Å². The van der Waals surface area contributed by atoms with E-state index in [0.29, 0.717) is 36.1 Å². The molecular weight excluding hydrogens is 402 g/mol. The predicted octanol–water partition coefficient (Wildman–Crippen LogP) is 1.55. The molecule has 1 atom stereocenters. The molecule has 0 unspecified atom stereocenters. The molecule has 0 radical (unpaired) electrons. The monoisotopic (exact) mass is 427 g/mol. The van der Waals surface area contributed by atoms with Crippen LogP contribution in [0.2, 0.25) is 0 Å². The molecule has 0 aliphatic carbocycles. The fourth-order valence-corrected chi connectivity index (χ4v) is 3.63. The number of morpholine rings is 1. The largest absolute Gasteiger partial charge is 0.497 e. The maximum Gasteiger partial charge on any atom is 0.313 e. The summed E-state index contributed by atoms with van der Waals surface area (Å²) in [6, 6.07) is 12.4. The summed E-state index contributed by atoms with van der Waals surface area (Å²) < 4.78 is 21.5. The molecular formula is C22H25N3O6. The molecule has 31 heavy (non-hydrogen) atoms. The minimum Gasteiger partial charge on any atom is -0.497 e. The van der Waals surface area contributed by atoms with Crippen molar-refractivity contribution < 1.29 is 28.5 Å². The van der Waals surface area contributed by atoms with Gasteiger partial charge in [-0.3, -0.25) is 14.5 Å². The van der Waals surface area contributed by atoms with Crippen LogP contribution >= 0.6 is 0 Å². The Morgan fingerprint density at radius 2 is 1.87 bits per heavy atom. The highest BCUT2D eigenvalue weighted by Crippen LogP contribution is 2.35. The summed E-state index contributed by atoms with van der Waals surface area (Å²) in [5, 5.41) is 5.35. The summed E-state index contributed by atoms with van der Waals surface area (Å²) in [6.45, 7) is 3.15. The number of anilines is 1. The molecule has 0 spiro atoms. The Kier molecular flexibility index (Phi) is 6.54. The summed E-state index contributed by atoms with van der Waals surface area (Å²) in [7, 11) is 1.54. The van der Waals surface area contributed by atoms with Crippen molar-refractivity contribution in [3.63, 3.8) is 0 Å². The van der Waals surface area contributed by atoms with Gasteiger partial charge >= 0.3 is 11.8 Å². The Morgan fingerprint density at radius 3 is 2.68 bits per heavy atom. The van der Waals surface area contributed by atoms with E-state index in [2.05, 4.69) is 15.5 Å². The molecule has 2 amide bonds. The molecule has 0 bridgehead atoms. The standard InChI is InChI=1S/C22H25N3O6/c1-28-17-4-2-3-16(12-17)24-22(27)21(26)23-13-18(25-7-9-29-10-8-25)15-5-6-19-20(11-15)31-14-30-19/h2-6,11-12,18H,7-10,13-14H2,1H3,(H,23,26)(H,24,27)/t18-/m1/s1. The van der Waals surface area contributed by atoms with Crippen LogP contribution < -0.4 is 24.8 Å². The summed E-state index contributed by atoms with van der Waals surface area (Å²) in [4.78, 5) is 27.0. The smallest absolute Gasteiger partial charge is 0.313 e. The molecule has 2 N–H and O–H groups in total. The predicted molar refractivity (Wildman–Crippen MR) is 112 cm³/mol. The van der Waals surface area contributed by atoms with Crippen molar-refractivity contribution in [3.8, 4) is 17.2 Å². The molecule has 0 saturated carbocycles. The SMILES string of the molecule is COc1cccc(NC(=O)C(=O)NC[C@H](c2ccc3c(c2)OCO3)N2CCOCC2)c1. The van der Waals surface area contributed by atoms with Gasteiger partial charge in [0.05, 0.1) is 26.4 Å².